The molecule has 16 heavy (non-hydrogen) atoms. The summed E-state index contributed by atoms with van der Waals surface area (Å²) in [5.41, 5.74) is 8.29. The first kappa shape index (κ1) is 10.8. The molecule has 3 N–H and O–H groups in total. The number of rotatable bonds is 2. The highest BCUT2D eigenvalue weighted by Crippen LogP contribution is 2.24. The SMILES string of the molecule is Cc1cnc(Nc2ccccc2Cl)cc1N. The first-order valence-electron chi connectivity index (χ1n) is 4.90. The Bertz CT molecular complexity index is 511. The normalized spacial score (nSPS) is 10.1. The molecule has 4 heteroatoms. The second-order valence-corrected chi connectivity index (χ2v) is 3.94. The van der Waals surface area contributed by atoms with E-state index in [4.69, 9.17) is 17.3 Å². The highest BCUT2D eigenvalue weighted by atomic mass is 35.5. The number of para-hydroxylation sites is 1. The molecule has 1 aromatic heterocycles. The Balaban J connectivity index is 2.28. The third-order valence-corrected chi connectivity index (χ3v) is 2.61. The monoisotopic (exact) mass is 233 g/mol. The summed E-state index contributed by atoms with van der Waals surface area (Å²) in [6.45, 7) is 1.92. The number of aryl methyl sites for hydroxylation is 1. The molecule has 82 valence electrons. The van der Waals surface area contributed by atoms with Crippen LogP contribution in [0.5, 0.6) is 0 Å². The predicted octanol–water partition coefficient (Wildman–Crippen LogP) is 3.37. The van der Waals surface area contributed by atoms with E-state index < -0.39 is 0 Å². The van der Waals surface area contributed by atoms with Crippen LogP contribution >= 0.6 is 11.6 Å². The van der Waals surface area contributed by atoms with Gasteiger partial charge in [0.15, 0.2) is 0 Å². The summed E-state index contributed by atoms with van der Waals surface area (Å²) in [6, 6.07) is 9.29. The lowest BCUT2D eigenvalue weighted by Crippen LogP contribution is -1.97. The number of benzene rings is 1. The van der Waals surface area contributed by atoms with Gasteiger partial charge >= 0.3 is 0 Å². The van der Waals surface area contributed by atoms with Crippen molar-refractivity contribution in [1.29, 1.82) is 0 Å². The summed E-state index contributed by atoms with van der Waals surface area (Å²) in [7, 11) is 0. The summed E-state index contributed by atoms with van der Waals surface area (Å²) in [6.07, 6.45) is 1.73. The maximum absolute atomic E-state index is 6.02. The minimum atomic E-state index is 0.656. The van der Waals surface area contributed by atoms with Crippen molar-refractivity contribution in [2.24, 2.45) is 0 Å². The number of nitrogens with zero attached hydrogens (tertiary/aromatic N) is 1. The Kier molecular flexibility index (Phi) is 2.97. The Morgan fingerprint density at radius 2 is 2.06 bits per heavy atom. The Morgan fingerprint density at radius 3 is 2.75 bits per heavy atom. The molecule has 0 atom stereocenters. The van der Waals surface area contributed by atoms with Gasteiger partial charge in [0.05, 0.1) is 10.7 Å². The Morgan fingerprint density at radius 1 is 1.31 bits per heavy atom. The largest absolute Gasteiger partial charge is 0.398 e. The molecule has 0 aliphatic heterocycles. The number of nitrogen functional groups attached to an aromatic ring is 1. The van der Waals surface area contributed by atoms with E-state index in [1.54, 1.807) is 12.3 Å². The lowest BCUT2D eigenvalue weighted by molar-refractivity contribution is 1.26. The number of aromatic nitrogens is 1. The van der Waals surface area contributed by atoms with E-state index in [-0.39, 0.29) is 0 Å². The van der Waals surface area contributed by atoms with Crippen LogP contribution in [0.25, 0.3) is 0 Å². The number of pyridine rings is 1. The summed E-state index contributed by atoms with van der Waals surface area (Å²) in [5, 5.41) is 3.77. The van der Waals surface area contributed by atoms with Gasteiger partial charge in [0.25, 0.3) is 0 Å². The van der Waals surface area contributed by atoms with Gasteiger partial charge in [-0.25, -0.2) is 4.98 Å². The average molecular weight is 234 g/mol. The summed E-state index contributed by atoms with van der Waals surface area (Å²) >= 11 is 6.02. The molecule has 1 heterocycles. The van der Waals surface area contributed by atoms with Crippen LogP contribution in [0.1, 0.15) is 5.56 Å². The fourth-order valence-corrected chi connectivity index (χ4v) is 1.49. The van der Waals surface area contributed by atoms with Gasteiger partial charge in [0.1, 0.15) is 5.82 Å². The smallest absolute Gasteiger partial charge is 0.132 e. The molecular weight excluding hydrogens is 222 g/mol. The molecule has 0 fully saturated rings. The standard InChI is InChI=1S/C12H12ClN3/c1-8-7-15-12(6-10(8)14)16-11-5-3-2-4-9(11)13/h2-7H,1H3,(H3,14,15,16). The minimum absolute atomic E-state index is 0.656. The summed E-state index contributed by atoms with van der Waals surface area (Å²) in [4.78, 5) is 4.23. The van der Waals surface area contributed by atoms with E-state index in [1.807, 2.05) is 31.2 Å². The zero-order chi connectivity index (χ0) is 11.5. The number of nitrogens with one attached hydrogen (secondary N) is 1. The third kappa shape index (κ3) is 2.25. The van der Waals surface area contributed by atoms with Crippen LogP contribution in [0.2, 0.25) is 5.02 Å². The van der Waals surface area contributed by atoms with Crippen LogP contribution in [0.3, 0.4) is 0 Å². The molecule has 0 aliphatic carbocycles. The van der Waals surface area contributed by atoms with Crippen molar-refractivity contribution in [3.8, 4) is 0 Å². The fourth-order valence-electron chi connectivity index (χ4n) is 1.31. The molecule has 0 bridgehead atoms. The molecule has 2 aromatic rings. The van der Waals surface area contributed by atoms with E-state index in [0.29, 0.717) is 16.5 Å². The molecule has 1 aromatic carbocycles. The highest BCUT2D eigenvalue weighted by Gasteiger charge is 2.01. The zero-order valence-electron chi connectivity index (χ0n) is 8.87. The van der Waals surface area contributed by atoms with Gasteiger partial charge in [0.2, 0.25) is 0 Å². The molecular formula is C12H12ClN3. The topological polar surface area (TPSA) is 50.9 Å². The number of nitrogens with two attached hydrogens (primary N) is 1. The third-order valence-electron chi connectivity index (χ3n) is 2.28. The van der Waals surface area contributed by atoms with E-state index >= 15 is 0 Å². The van der Waals surface area contributed by atoms with Crippen LogP contribution in [-0.2, 0) is 0 Å². The van der Waals surface area contributed by atoms with Crippen molar-refractivity contribution < 1.29 is 0 Å². The Labute approximate surface area is 99.3 Å². The van der Waals surface area contributed by atoms with Crippen LogP contribution in [0, 0.1) is 6.92 Å². The van der Waals surface area contributed by atoms with Crippen LogP contribution in [0.15, 0.2) is 36.5 Å². The maximum Gasteiger partial charge on any atom is 0.132 e. The zero-order valence-corrected chi connectivity index (χ0v) is 9.62. The second-order valence-electron chi connectivity index (χ2n) is 3.53. The molecule has 0 amide bonds. The van der Waals surface area contributed by atoms with Crippen molar-refractivity contribution in [1.82, 2.24) is 4.98 Å². The minimum Gasteiger partial charge on any atom is -0.398 e. The quantitative estimate of drug-likeness (QED) is 0.836. The molecule has 0 unspecified atom stereocenters. The van der Waals surface area contributed by atoms with Gasteiger partial charge in [-0.2, -0.15) is 0 Å². The van der Waals surface area contributed by atoms with Gasteiger partial charge in [-0.3, -0.25) is 0 Å². The van der Waals surface area contributed by atoms with Gasteiger partial charge in [-0.05, 0) is 24.6 Å². The van der Waals surface area contributed by atoms with E-state index in [0.717, 1.165) is 11.3 Å². The highest BCUT2D eigenvalue weighted by molar-refractivity contribution is 6.33. The van der Waals surface area contributed by atoms with Crippen molar-refractivity contribution in [3.05, 3.63) is 47.1 Å². The summed E-state index contributed by atoms with van der Waals surface area (Å²) in [5.74, 6) is 0.691. The first-order chi connectivity index (χ1) is 7.66. The van der Waals surface area contributed by atoms with Crippen LogP contribution in [0.4, 0.5) is 17.2 Å². The molecule has 0 saturated heterocycles. The fraction of sp³-hybridized carbons (Fsp3) is 0.0833. The number of anilines is 3. The van der Waals surface area contributed by atoms with Crippen molar-refractivity contribution in [3.63, 3.8) is 0 Å². The van der Waals surface area contributed by atoms with Gasteiger partial charge in [-0.1, -0.05) is 23.7 Å². The lowest BCUT2D eigenvalue weighted by Gasteiger charge is -2.08. The Hall–Kier alpha value is -1.74. The van der Waals surface area contributed by atoms with Crippen LogP contribution in [-0.4, -0.2) is 4.98 Å². The number of hydrogen-bond acceptors (Lipinski definition) is 3. The first-order valence-corrected chi connectivity index (χ1v) is 5.28. The second kappa shape index (κ2) is 4.41. The van der Waals surface area contributed by atoms with Gasteiger partial charge in [-0.15, -0.1) is 0 Å². The van der Waals surface area contributed by atoms with E-state index in [9.17, 15) is 0 Å². The molecule has 0 radical (unpaired) electrons. The van der Waals surface area contributed by atoms with Gasteiger partial charge < -0.3 is 11.1 Å². The molecule has 0 spiro atoms. The van der Waals surface area contributed by atoms with Crippen molar-refractivity contribution in [2.75, 3.05) is 11.1 Å². The number of halogens is 1. The van der Waals surface area contributed by atoms with Gasteiger partial charge in [0, 0.05) is 18.0 Å². The van der Waals surface area contributed by atoms with Crippen LogP contribution < -0.4 is 11.1 Å². The average Bonchev–Trinajstić information content (AvgIpc) is 2.27. The van der Waals surface area contributed by atoms with Crippen molar-refractivity contribution in [2.45, 2.75) is 6.92 Å². The molecule has 3 nitrogen and oxygen atoms in total. The summed E-state index contributed by atoms with van der Waals surface area (Å²) < 4.78 is 0. The maximum atomic E-state index is 6.02. The molecule has 2 rings (SSSR count). The lowest BCUT2D eigenvalue weighted by atomic mass is 10.2. The molecule has 0 aliphatic rings. The van der Waals surface area contributed by atoms with Crippen molar-refractivity contribution >= 4 is 28.8 Å². The number of hydrogen-bond donors (Lipinski definition) is 2. The predicted molar refractivity (Wildman–Crippen MR) is 68.1 cm³/mol. The van der Waals surface area contributed by atoms with E-state index in [1.165, 1.54) is 0 Å². The van der Waals surface area contributed by atoms with E-state index in [2.05, 4.69) is 10.3 Å². The molecule has 0 saturated carbocycles.